The van der Waals surface area contributed by atoms with Crippen LogP contribution in [0.15, 0.2) is 57.9 Å². The van der Waals surface area contributed by atoms with E-state index in [0.717, 1.165) is 27.4 Å². The smallest absolute Gasteiger partial charge is 0.293 e. The van der Waals surface area contributed by atoms with Gasteiger partial charge in [0.25, 0.3) is 11.1 Å². The van der Waals surface area contributed by atoms with Crippen molar-refractivity contribution in [3.8, 4) is 5.75 Å². The molecular weight excluding hydrogens is 426 g/mol. The van der Waals surface area contributed by atoms with Crippen molar-refractivity contribution in [2.24, 2.45) is 5.92 Å². The van der Waals surface area contributed by atoms with Crippen LogP contribution in [-0.2, 0) is 11.3 Å². The maximum atomic E-state index is 12.8. The van der Waals surface area contributed by atoms with E-state index in [4.69, 9.17) is 4.74 Å². The van der Waals surface area contributed by atoms with Gasteiger partial charge in [0.1, 0.15) is 5.75 Å². The molecule has 2 aromatic carbocycles. The number of hydrogen-bond acceptors (Lipinski definition) is 4. The molecular formula is C21H20BrNO3S. The Hall–Kier alpha value is -2.05. The van der Waals surface area contributed by atoms with Crippen LogP contribution in [0.2, 0.25) is 0 Å². The van der Waals surface area contributed by atoms with Crippen molar-refractivity contribution in [2.75, 3.05) is 6.61 Å². The van der Waals surface area contributed by atoms with Crippen LogP contribution in [-0.4, -0.2) is 22.7 Å². The Labute approximate surface area is 171 Å². The monoisotopic (exact) mass is 445 g/mol. The highest BCUT2D eigenvalue weighted by Gasteiger charge is 2.35. The summed E-state index contributed by atoms with van der Waals surface area (Å²) in [6.07, 6.45) is 1.74. The Morgan fingerprint density at radius 2 is 1.81 bits per heavy atom. The molecule has 0 bridgehead atoms. The maximum Gasteiger partial charge on any atom is 0.293 e. The van der Waals surface area contributed by atoms with E-state index in [-0.39, 0.29) is 17.7 Å². The minimum Gasteiger partial charge on any atom is -0.493 e. The zero-order chi connectivity index (χ0) is 19.4. The number of thioether (sulfide) groups is 1. The van der Waals surface area contributed by atoms with Gasteiger partial charge >= 0.3 is 0 Å². The van der Waals surface area contributed by atoms with Crippen molar-refractivity contribution in [2.45, 2.75) is 20.4 Å². The van der Waals surface area contributed by atoms with Gasteiger partial charge < -0.3 is 4.74 Å². The third-order valence-corrected chi connectivity index (χ3v) is 5.62. The lowest BCUT2D eigenvalue weighted by Crippen LogP contribution is -2.27. The number of imide groups is 1. The predicted octanol–water partition coefficient (Wildman–Crippen LogP) is 5.72. The van der Waals surface area contributed by atoms with Crippen LogP contribution in [0.3, 0.4) is 0 Å². The number of ether oxygens (including phenoxy) is 1. The summed E-state index contributed by atoms with van der Waals surface area (Å²) < 4.78 is 6.71. The summed E-state index contributed by atoms with van der Waals surface area (Å²) in [6, 6.07) is 15.1. The molecule has 0 N–H and O–H groups in total. The molecule has 27 heavy (non-hydrogen) atoms. The van der Waals surface area contributed by atoms with Crippen molar-refractivity contribution in [3.05, 3.63) is 69.0 Å². The van der Waals surface area contributed by atoms with Crippen LogP contribution in [0, 0.1) is 5.92 Å². The van der Waals surface area contributed by atoms with E-state index in [2.05, 4.69) is 29.8 Å². The lowest BCUT2D eigenvalue weighted by atomic mass is 10.1. The van der Waals surface area contributed by atoms with Gasteiger partial charge in [0.05, 0.1) is 18.1 Å². The number of halogens is 1. The van der Waals surface area contributed by atoms with Crippen LogP contribution in [0.4, 0.5) is 4.79 Å². The maximum absolute atomic E-state index is 12.8. The van der Waals surface area contributed by atoms with E-state index in [9.17, 15) is 9.59 Å². The molecule has 140 valence electrons. The third kappa shape index (κ3) is 4.82. The number of benzene rings is 2. The van der Waals surface area contributed by atoms with E-state index in [1.54, 1.807) is 6.08 Å². The van der Waals surface area contributed by atoms with Crippen LogP contribution in [0.25, 0.3) is 6.08 Å². The van der Waals surface area contributed by atoms with Crippen molar-refractivity contribution in [1.82, 2.24) is 4.90 Å². The highest BCUT2D eigenvalue weighted by Crippen LogP contribution is 2.35. The van der Waals surface area contributed by atoms with Gasteiger partial charge in [0, 0.05) is 10.0 Å². The average Bonchev–Trinajstić information content (AvgIpc) is 2.90. The zero-order valence-corrected chi connectivity index (χ0v) is 17.5. The minimum atomic E-state index is -0.278. The summed E-state index contributed by atoms with van der Waals surface area (Å²) in [7, 11) is 0. The number of carbonyl (C=O) groups excluding carboxylic acids is 2. The summed E-state index contributed by atoms with van der Waals surface area (Å²) in [4.78, 5) is 26.8. The van der Waals surface area contributed by atoms with E-state index >= 15 is 0 Å². The third-order valence-electron chi connectivity index (χ3n) is 3.94. The van der Waals surface area contributed by atoms with Gasteiger partial charge in [0.2, 0.25) is 0 Å². The summed E-state index contributed by atoms with van der Waals surface area (Å²) >= 11 is 4.43. The zero-order valence-electron chi connectivity index (χ0n) is 15.1. The summed E-state index contributed by atoms with van der Waals surface area (Å²) in [5, 5.41) is -0.261. The lowest BCUT2D eigenvalue weighted by Gasteiger charge is -2.13. The normalized spacial score (nSPS) is 15.9. The second-order valence-corrected chi connectivity index (χ2v) is 8.45. The second kappa shape index (κ2) is 8.76. The number of nitrogens with zero attached hydrogens (tertiary/aromatic N) is 1. The van der Waals surface area contributed by atoms with E-state index in [1.165, 1.54) is 4.90 Å². The van der Waals surface area contributed by atoms with Crippen molar-refractivity contribution in [3.63, 3.8) is 0 Å². The van der Waals surface area contributed by atoms with E-state index in [0.29, 0.717) is 23.2 Å². The number of carbonyl (C=O) groups is 2. The molecule has 0 unspecified atom stereocenters. The number of para-hydroxylation sites is 1. The van der Waals surface area contributed by atoms with Gasteiger partial charge in [-0.05, 0) is 41.5 Å². The molecule has 2 aromatic rings. The van der Waals surface area contributed by atoms with Crippen LogP contribution >= 0.6 is 27.7 Å². The Kier molecular flexibility index (Phi) is 6.39. The van der Waals surface area contributed by atoms with E-state index < -0.39 is 0 Å². The van der Waals surface area contributed by atoms with Gasteiger partial charge in [0.15, 0.2) is 0 Å². The largest absolute Gasteiger partial charge is 0.493 e. The van der Waals surface area contributed by atoms with Crippen molar-refractivity contribution in [1.29, 1.82) is 0 Å². The SMILES string of the molecule is CC(C)COc1ccccc1/C=C1/SC(=O)N(Cc2ccccc2Br)C1=O. The predicted molar refractivity (Wildman–Crippen MR) is 112 cm³/mol. The summed E-state index contributed by atoms with van der Waals surface area (Å²) in [5.74, 6) is 0.831. The summed E-state index contributed by atoms with van der Waals surface area (Å²) in [6.45, 7) is 4.99. The molecule has 0 spiro atoms. The number of amides is 2. The highest BCUT2D eigenvalue weighted by molar-refractivity contribution is 9.10. The molecule has 0 aliphatic carbocycles. The van der Waals surface area contributed by atoms with Crippen LogP contribution in [0.1, 0.15) is 25.0 Å². The molecule has 3 rings (SSSR count). The Bertz CT molecular complexity index is 895. The first-order chi connectivity index (χ1) is 13.0. The van der Waals surface area contributed by atoms with Gasteiger partial charge in [-0.15, -0.1) is 0 Å². The number of hydrogen-bond donors (Lipinski definition) is 0. The Morgan fingerprint density at radius 1 is 1.11 bits per heavy atom. The Morgan fingerprint density at radius 3 is 2.56 bits per heavy atom. The van der Waals surface area contributed by atoms with Gasteiger partial charge in [-0.2, -0.15) is 0 Å². The molecule has 1 heterocycles. The molecule has 0 saturated carbocycles. The molecule has 1 saturated heterocycles. The van der Waals surface area contributed by atoms with Crippen molar-refractivity contribution >= 4 is 44.9 Å². The Balaban J connectivity index is 1.82. The fraction of sp³-hybridized carbons (Fsp3) is 0.238. The second-order valence-electron chi connectivity index (χ2n) is 6.60. The fourth-order valence-corrected chi connectivity index (χ4v) is 3.80. The average molecular weight is 446 g/mol. The molecule has 0 atom stereocenters. The minimum absolute atomic E-state index is 0.245. The molecule has 1 aliphatic heterocycles. The molecule has 1 aliphatic rings. The number of rotatable bonds is 6. The quantitative estimate of drug-likeness (QED) is 0.533. The van der Waals surface area contributed by atoms with Gasteiger partial charge in [-0.1, -0.05) is 66.2 Å². The van der Waals surface area contributed by atoms with Crippen molar-refractivity contribution < 1.29 is 14.3 Å². The molecule has 0 radical (unpaired) electrons. The van der Waals surface area contributed by atoms with Crippen LogP contribution < -0.4 is 4.74 Å². The van der Waals surface area contributed by atoms with E-state index in [1.807, 2.05) is 48.5 Å². The molecule has 6 heteroatoms. The topological polar surface area (TPSA) is 46.6 Å². The summed E-state index contributed by atoms with van der Waals surface area (Å²) in [5.41, 5.74) is 1.69. The fourth-order valence-electron chi connectivity index (χ4n) is 2.56. The standard InChI is InChI=1S/C21H20BrNO3S/c1-14(2)13-26-18-10-6-4-7-15(18)11-19-20(24)23(21(25)27-19)12-16-8-3-5-9-17(16)22/h3-11,14H,12-13H2,1-2H3/b19-11+. The molecule has 1 fully saturated rings. The van der Waals surface area contributed by atoms with Crippen LogP contribution in [0.5, 0.6) is 5.75 Å². The molecule has 4 nitrogen and oxygen atoms in total. The lowest BCUT2D eigenvalue weighted by molar-refractivity contribution is -0.123. The van der Waals surface area contributed by atoms with Gasteiger partial charge in [-0.3, -0.25) is 14.5 Å². The highest BCUT2D eigenvalue weighted by atomic mass is 79.9. The molecule has 2 amide bonds. The first-order valence-corrected chi connectivity index (χ1v) is 10.3. The van der Waals surface area contributed by atoms with Gasteiger partial charge in [-0.25, -0.2) is 0 Å². The first kappa shape index (κ1) is 19.7. The first-order valence-electron chi connectivity index (χ1n) is 8.66. The molecule has 0 aromatic heterocycles.